The Morgan fingerprint density at radius 2 is 1.76 bits per heavy atom. The predicted octanol–water partition coefficient (Wildman–Crippen LogP) is 2.87. The number of carboxylic acid groups (broad SMARTS) is 1. The smallest absolute Gasteiger partial charge is 0.475 e. The van der Waals surface area contributed by atoms with Crippen LogP contribution in [0.2, 0.25) is 0 Å². The van der Waals surface area contributed by atoms with Crippen molar-refractivity contribution in [3.63, 3.8) is 0 Å². The van der Waals surface area contributed by atoms with E-state index in [9.17, 15) is 31.5 Å². The summed E-state index contributed by atoms with van der Waals surface area (Å²) in [4.78, 5) is 36.7. The van der Waals surface area contributed by atoms with Crippen molar-refractivity contribution in [2.24, 2.45) is 5.73 Å². The number of nitrogens with two attached hydrogens (primary N) is 1. The number of hydrogen-bond donors (Lipinski definition) is 2. The van der Waals surface area contributed by atoms with Crippen LogP contribution in [0.15, 0.2) is 46.8 Å². The van der Waals surface area contributed by atoms with Crippen LogP contribution in [-0.4, -0.2) is 56.5 Å². The minimum absolute atomic E-state index is 0.112. The standard InChI is InChI=1S/C20H20F2N6O2S.C2HF3O2/c1-26-16-5-2-13(8-12(16)3-7-18(26)29)17-6-4-15(31-17)11-28-20(30)27(24-25-28)10-14(9-23)19(21)22;3-2(4,5)1(6)7/h2,4-6,8H,3,7,9-11,23H2,1H3;(H,6,7). The Morgan fingerprint density at radius 1 is 1.11 bits per heavy atom. The van der Waals surface area contributed by atoms with E-state index in [0.717, 1.165) is 35.9 Å². The van der Waals surface area contributed by atoms with Crippen molar-refractivity contribution in [1.82, 2.24) is 19.8 Å². The van der Waals surface area contributed by atoms with Gasteiger partial charge in [-0.3, -0.25) is 4.79 Å². The number of nitrogens with zero attached hydrogens (tertiary/aromatic N) is 5. The summed E-state index contributed by atoms with van der Waals surface area (Å²) in [6.07, 6.45) is -5.79. The van der Waals surface area contributed by atoms with Gasteiger partial charge in [0.1, 0.15) is 0 Å². The van der Waals surface area contributed by atoms with Gasteiger partial charge in [-0.05, 0) is 52.2 Å². The molecule has 0 saturated heterocycles. The maximum atomic E-state index is 12.8. The van der Waals surface area contributed by atoms with E-state index >= 15 is 0 Å². The predicted molar refractivity (Wildman–Crippen MR) is 127 cm³/mol. The zero-order valence-electron chi connectivity index (χ0n) is 19.7. The fourth-order valence-corrected chi connectivity index (χ4v) is 4.45. The lowest BCUT2D eigenvalue weighted by atomic mass is 9.99. The fourth-order valence-electron chi connectivity index (χ4n) is 3.46. The summed E-state index contributed by atoms with van der Waals surface area (Å²) in [6, 6.07) is 9.86. The number of carbonyl (C=O) groups excluding carboxylic acids is 1. The van der Waals surface area contributed by atoms with Crippen LogP contribution in [-0.2, 0) is 29.1 Å². The third kappa shape index (κ3) is 6.69. The van der Waals surface area contributed by atoms with E-state index in [0.29, 0.717) is 12.8 Å². The number of tetrazole rings is 1. The molecule has 0 bridgehead atoms. The normalized spacial score (nSPS) is 13.0. The highest BCUT2D eigenvalue weighted by Gasteiger charge is 2.38. The van der Waals surface area contributed by atoms with Crippen LogP contribution in [0.3, 0.4) is 0 Å². The number of alkyl halides is 3. The summed E-state index contributed by atoms with van der Waals surface area (Å²) < 4.78 is 59.3. The minimum Gasteiger partial charge on any atom is -0.475 e. The summed E-state index contributed by atoms with van der Waals surface area (Å²) in [5, 5.41) is 14.6. The molecule has 10 nitrogen and oxygen atoms in total. The topological polar surface area (TPSA) is 136 Å². The van der Waals surface area contributed by atoms with Crippen LogP contribution >= 0.6 is 11.3 Å². The van der Waals surface area contributed by atoms with Gasteiger partial charge in [-0.1, -0.05) is 6.07 Å². The third-order valence-corrected chi connectivity index (χ3v) is 6.59. The van der Waals surface area contributed by atoms with Crippen molar-refractivity contribution in [3.05, 3.63) is 62.9 Å². The van der Waals surface area contributed by atoms with Gasteiger partial charge in [-0.15, -0.1) is 11.3 Å². The lowest BCUT2D eigenvalue weighted by Crippen LogP contribution is -2.30. The maximum absolute atomic E-state index is 12.8. The van der Waals surface area contributed by atoms with Crippen molar-refractivity contribution in [3.8, 4) is 10.4 Å². The van der Waals surface area contributed by atoms with Crippen molar-refractivity contribution in [2.75, 3.05) is 18.5 Å². The Hall–Kier alpha value is -3.92. The summed E-state index contributed by atoms with van der Waals surface area (Å²) in [5.41, 5.74) is 7.44. The van der Waals surface area contributed by atoms with E-state index in [-0.39, 0.29) is 31.1 Å². The van der Waals surface area contributed by atoms with Gasteiger partial charge in [-0.2, -0.15) is 31.3 Å². The Kier molecular flexibility index (Phi) is 8.78. The molecular weight excluding hydrogens is 539 g/mol. The van der Waals surface area contributed by atoms with Gasteiger partial charge < -0.3 is 15.7 Å². The first-order valence-corrected chi connectivity index (χ1v) is 11.7. The summed E-state index contributed by atoms with van der Waals surface area (Å²) in [6.45, 7) is -0.564. The van der Waals surface area contributed by atoms with Crippen molar-refractivity contribution < 1.29 is 36.6 Å². The summed E-state index contributed by atoms with van der Waals surface area (Å²) >= 11 is 1.51. The number of anilines is 1. The molecule has 1 amide bonds. The maximum Gasteiger partial charge on any atom is 0.490 e. The van der Waals surface area contributed by atoms with Crippen LogP contribution in [0.5, 0.6) is 0 Å². The Balaban J connectivity index is 0.000000505. The quantitative estimate of drug-likeness (QED) is 0.443. The second kappa shape index (κ2) is 11.6. The largest absolute Gasteiger partial charge is 0.490 e. The Morgan fingerprint density at radius 3 is 2.37 bits per heavy atom. The molecule has 0 aliphatic carbocycles. The second-order valence-corrected chi connectivity index (χ2v) is 9.18. The number of amides is 1. The van der Waals surface area contributed by atoms with E-state index in [1.54, 1.807) is 11.9 Å². The number of aromatic nitrogens is 4. The molecule has 0 radical (unpaired) electrons. The minimum atomic E-state index is -5.08. The molecule has 0 atom stereocenters. The highest BCUT2D eigenvalue weighted by molar-refractivity contribution is 7.15. The number of rotatable bonds is 6. The lowest BCUT2D eigenvalue weighted by Gasteiger charge is -2.26. The van der Waals surface area contributed by atoms with Crippen molar-refractivity contribution in [2.45, 2.75) is 32.1 Å². The van der Waals surface area contributed by atoms with Crippen molar-refractivity contribution >= 4 is 28.9 Å². The summed E-state index contributed by atoms with van der Waals surface area (Å²) in [7, 11) is 1.78. The molecule has 0 spiro atoms. The van der Waals surface area contributed by atoms with E-state index in [1.807, 2.05) is 24.3 Å². The van der Waals surface area contributed by atoms with Crippen molar-refractivity contribution in [1.29, 1.82) is 0 Å². The van der Waals surface area contributed by atoms with Crippen LogP contribution in [0, 0.1) is 0 Å². The first-order chi connectivity index (χ1) is 17.8. The molecule has 4 rings (SSSR count). The highest BCUT2D eigenvalue weighted by Crippen LogP contribution is 2.34. The molecule has 38 heavy (non-hydrogen) atoms. The number of carboxylic acids is 1. The van der Waals surface area contributed by atoms with Gasteiger partial charge >= 0.3 is 17.8 Å². The number of aryl methyl sites for hydroxylation is 1. The molecular formula is C22H21F5N6O4S. The average Bonchev–Trinajstić information content (AvgIpc) is 3.46. The molecule has 204 valence electrons. The van der Waals surface area contributed by atoms with E-state index in [2.05, 4.69) is 16.5 Å². The van der Waals surface area contributed by atoms with Gasteiger partial charge in [-0.25, -0.2) is 9.59 Å². The molecule has 0 fully saturated rings. The number of halogens is 5. The molecule has 2 aromatic heterocycles. The van der Waals surface area contributed by atoms with Gasteiger partial charge in [0.05, 0.1) is 13.1 Å². The molecule has 1 aromatic carbocycles. The van der Waals surface area contributed by atoms with E-state index < -0.39 is 23.9 Å². The van der Waals surface area contributed by atoms with Crippen LogP contribution < -0.4 is 16.3 Å². The first kappa shape index (κ1) is 28.6. The molecule has 16 heteroatoms. The van der Waals surface area contributed by atoms with E-state index in [1.165, 1.54) is 11.3 Å². The fraction of sp³-hybridized carbons (Fsp3) is 0.318. The molecule has 1 aliphatic rings. The Labute approximate surface area is 215 Å². The molecule has 3 heterocycles. The third-order valence-electron chi connectivity index (χ3n) is 5.47. The molecule has 3 N–H and O–H groups in total. The SMILES string of the molecule is CN1C(=O)CCc2cc(-c3ccc(Cn4nnn(CC(CN)=C(F)F)c4=O)s3)ccc21.O=C(O)C(F)(F)F. The monoisotopic (exact) mass is 560 g/mol. The van der Waals surface area contributed by atoms with Gasteiger partial charge in [0.2, 0.25) is 5.91 Å². The highest BCUT2D eigenvalue weighted by atomic mass is 32.1. The zero-order valence-corrected chi connectivity index (χ0v) is 20.5. The number of aliphatic carboxylic acids is 1. The summed E-state index contributed by atoms with van der Waals surface area (Å²) in [5.74, 6) is -2.65. The van der Waals surface area contributed by atoms with Crippen LogP contribution in [0.4, 0.5) is 27.6 Å². The van der Waals surface area contributed by atoms with Gasteiger partial charge in [0.25, 0.3) is 6.08 Å². The first-order valence-electron chi connectivity index (χ1n) is 10.8. The average molecular weight is 561 g/mol. The number of thiophene rings is 1. The molecule has 0 saturated carbocycles. The number of fused-ring (bicyclic) bond motifs is 1. The lowest BCUT2D eigenvalue weighted by molar-refractivity contribution is -0.192. The number of hydrogen-bond acceptors (Lipinski definition) is 7. The molecule has 3 aromatic rings. The molecule has 0 unspecified atom stereocenters. The van der Waals surface area contributed by atoms with Crippen LogP contribution in [0.25, 0.3) is 10.4 Å². The zero-order chi connectivity index (χ0) is 28.2. The van der Waals surface area contributed by atoms with E-state index in [4.69, 9.17) is 15.6 Å². The van der Waals surface area contributed by atoms with Gasteiger partial charge in [0, 0.05) is 41.0 Å². The van der Waals surface area contributed by atoms with Crippen LogP contribution in [0.1, 0.15) is 16.9 Å². The number of carbonyl (C=O) groups is 2. The van der Waals surface area contributed by atoms with Gasteiger partial charge in [0.15, 0.2) is 0 Å². The Bertz CT molecular complexity index is 1420. The number of benzene rings is 1. The molecule has 1 aliphatic heterocycles. The second-order valence-electron chi connectivity index (χ2n) is 8.01.